The summed E-state index contributed by atoms with van der Waals surface area (Å²) in [7, 11) is 0. The molecule has 130 valence electrons. The molecule has 0 fully saturated rings. The third-order valence-corrected chi connectivity index (χ3v) is 3.74. The molecule has 0 bridgehead atoms. The smallest absolute Gasteiger partial charge is 0.319 e. The van der Waals surface area contributed by atoms with E-state index < -0.39 is 17.7 Å². The Morgan fingerprint density at radius 1 is 1.29 bits per heavy atom. The molecular formula is C17H22F2N4O. The van der Waals surface area contributed by atoms with Gasteiger partial charge in [0.2, 0.25) is 0 Å². The lowest BCUT2D eigenvalue weighted by molar-refractivity contribution is 0.252. The van der Waals surface area contributed by atoms with Crippen molar-refractivity contribution in [1.82, 2.24) is 15.1 Å². The van der Waals surface area contributed by atoms with Crippen LogP contribution >= 0.6 is 0 Å². The SMILES string of the molecule is Cc1nn(C(C)C)c(C)c1NC(=O)NCCc1cc(F)ccc1F. The highest BCUT2D eigenvalue weighted by Crippen LogP contribution is 2.22. The Morgan fingerprint density at radius 3 is 2.62 bits per heavy atom. The summed E-state index contributed by atoms with van der Waals surface area (Å²) in [6.07, 6.45) is 0.209. The third kappa shape index (κ3) is 4.10. The molecule has 0 radical (unpaired) electrons. The van der Waals surface area contributed by atoms with Gasteiger partial charge in [0.25, 0.3) is 0 Å². The van der Waals surface area contributed by atoms with Gasteiger partial charge >= 0.3 is 6.03 Å². The van der Waals surface area contributed by atoms with Crippen LogP contribution in [0.2, 0.25) is 0 Å². The summed E-state index contributed by atoms with van der Waals surface area (Å²) < 4.78 is 28.5. The number of nitrogens with zero attached hydrogens (tertiary/aromatic N) is 2. The van der Waals surface area contributed by atoms with Crippen LogP contribution in [0.5, 0.6) is 0 Å². The molecule has 0 aliphatic rings. The Kier molecular flexibility index (Phi) is 5.54. The molecule has 1 aromatic heterocycles. The molecule has 24 heavy (non-hydrogen) atoms. The molecule has 2 rings (SSSR count). The van der Waals surface area contributed by atoms with Crippen LogP contribution in [0.1, 0.15) is 36.8 Å². The second-order valence-electron chi connectivity index (χ2n) is 5.95. The van der Waals surface area contributed by atoms with E-state index in [1.54, 1.807) is 0 Å². The molecule has 2 N–H and O–H groups in total. The second-order valence-corrected chi connectivity index (χ2v) is 5.95. The van der Waals surface area contributed by atoms with Crippen molar-refractivity contribution in [1.29, 1.82) is 0 Å². The van der Waals surface area contributed by atoms with Crippen LogP contribution in [0.25, 0.3) is 0 Å². The predicted molar refractivity (Wildman–Crippen MR) is 89.2 cm³/mol. The number of amides is 2. The first-order valence-electron chi connectivity index (χ1n) is 7.84. The maximum atomic E-state index is 13.5. The highest BCUT2D eigenvalue weighted by molar-refractivity contribution is 5.90. The monoisotopic (exact) mass is 336 g/mol. The molecule has 0 spiro atoms. The number of hydrogen-bond acceptors (Lipinski definition) is 2. The zero-order valence-corrected chi connectivity index (χ0v) is 14.3. The number of aromatic nitrogens is 2. The molecule has 2 aromatic rings. The number of benzene rings is 1. The van der Waals surface area contributed by atoms with Crippen LogP contribution in [0, 0.1) is 25.5 Å². The van der Waals surface area contributed by atoms with E-state index in [0.29, 0.717) is 5.69 Å². The van der Waals surface area contributed by atoms with Crippen LogP contribution < -0.4 is 10.6 Å². The molecule has 1 aromatic carbocycles. The van der Waals surface area contributed by atoms with E-state index >= 15 is 0 Å². The van der Waals surface area contributed by atoms with Gasteiger partial charge in [-0.15, -0.1) is 0 Å². The van der Waals surface area contributed by atoms with Gasteiger partial charge in [-0.05, 0) is 57.9 Å². The van der Waals surface area contributed by atoms with E-state index in [2.05, 4.69) is 15.7 Å². The summed E-state index contributed by atoms with van der Waals surface area (Å²) in [6.45, 7) is 7.93. The molecule has 1 heterocycles. The molecule has 0 saturated heterocycles. The van der Waals surface area contributed by atoms with Crippen LogP contribution in [0.3, 0.4) is 0 Å². The van der Waals surface area contributed by atoms with Crippen molar-refractivity contribution < 1.29 is 13.6 Å². The Balaban J connectivity index is 1.93. The zero-order valence-electron chi connectivity index (χ0n) is 14.3. The molecule has 0 aliphatic heterocycles. The number of rotatable bonds is 5. The first kappa shape index (κ1) is 17.9. The molecule has 7 heteroatoms. The van der Waals surface area contributed by atoms with Gasteiger partial charge in [-0.3, -0.25) is 4.68 Å². The van der Waals surface area contributed by atoms with E-state index in [1.807, 2.05) is 32.4 Å². The van der Waals surface area contributed by atoms with Gasteiger partial charge in [-0.25, -0.2) is 13.6 Å². The zero-order chi connectivity index (χ0) is 17.9. The van der Waals surface area contributed by atoms with Crippen LogP contribution in [-0.2, 0) is 6.42 Å². The minimum Gasteiger partial charge on any atom is -0.338 e. The normalized spacial score (nSPS) is 11.0. The second kappa shape index (κ2) is 7.42. The van der Waals surface area contributed by atoms with Gasteiger partial charge in [0.1, 0.15) is 11.6 Å². The highest BCUT2D eigenvalue weighted by Gasteiger charge is 2.15. The number of carbonyl (C=O) groups is 1. The first-order valence-corrected chi connectivity index (χ1v) is 7.84. The first-order chi connectivity index (χ1) is 11.3. The average molecular weight is 336 g/mol. The standard InChI is InChI=1S/C17H22F2N4O/c1-10(2)23-12(4)16(11(3)22-23)21-17(24)20-8-7-13-9-14(18)5-6-15(13)19/h5-6,9-10H,7-8H2,1-4H3,(H2,20,21,24). The summed E-state index contributed by atoms with van der Waals surface area (Å²) >= 11 is 0. The van der Waals surface area contributed by atoms with Gasteiger partial charge in [0.15, 0.2) is 0 Å². The van der Waals surface area contributed by atoms with Crippen molar-refractivity contribution in [3.8, 4) is 0 Å². The van der Waals surface area contributed by atoms with Crippen LogP contribution in [0.15, 0.2) is 18.2 Å². The summed E-state index contributed by atoms with van der Waals surface area (Å²) in [5, 5.41) is 9.80. The van der Waals surface area contributed by atoms with E-state index in [9.17, 15) is 13.6 Å². The molecular weight excluding hydrogens is 314 g/mol. The molecule has 0 atom stereocenters. The van der Waals surface area contributed by atoms with Gasteiger partial charge in [0, 0.05) is 12.6 Å². The number of hydrogen-bond donors (Lipinski definition) is 2. The van der Waals surface area contributed by atoms with Crippen molar-refractivity contribution in [2.75, 3.05) is 11.9 Å². The van der Waals surface area contributed by atoms with Crippen molar-refractivity contribution in [3.63, 3.8) is 0 Å². The fourth-order valence-electron chi connectivity index (χ4n) is 2.55. The van der Waals surface area contributed by atoms with Gasteiger partial charge < -0.3 is 10.6 Å². The summed E-state index contributed by atoms with van der Waals surface area (Å²) in [5.74, 6) is -0.980. The summed E-state index contributed by atoms with van der Waals surface area (Å²) in [4.78, 5) is 12.0. The van der Waals surface area contributed by atoms with Gasteiger partial charge in [-0.2, -0.15) is 5.10 Å². The highest BCUT2D eigenvalue weighted by atomic mass is 19.1. The van der Waals surface area contributed by atoms with Gasteiger partial charge in [-0.1, -0.05) is 0 Å². The Labute approximate surface area is 140 Å². The lowest BCUT2D eigenvalue weighted by Gasteiger charge is -2.10. The minimum atomic E-state index is -0.497. The quantitative estimate of drug-likeness (QED) is 0.874. The number of urea groups is 1. The number of carbonyl (C=O) groups excluding carboxylic acids is 1. The molecule has 5 nitrogen and oxygen atoms in total. The lowest BCUT2D eigenvalue weighted by Crippen LogP contribution is -2.31. The number of aryl methyl sites for hydroxylation is 1. The fourth-order valence-corrected chi connectivity index (χ4v) is 2.55. The summed E-state index contributed by atoms with van der Waals surface area (Å²) in [6, 6.07) is 3.07. The van der Waals surface area contributed by atoms with Crippen LogP contribution in [0.4, 0.5) is 19.3 Å². The third-order valence-electron chi connectivity index (χ3n) is 3.74. The maximum absolute atomic E-state index is 13.5. The maximum Gasteiger partial charge on any atom is 0.319 e. The lowest BCUT2D eigenvalue weighted by atomic mass is 10.1. The Bertz CT molecular complexity index is 740. The van der Waals surface area contributed by atoms with E-state index in [0.717, 1.165) is 29.6 Å². The van der Waals surface area contributed by atoms with Crippen LogP contribution in [-0.4, -0.2) is 22.4 Å². The van der Waals surface area contributed by atoms with Crippen molar-refractivity contribution in [3.05, 3.63) is 46.8 Å². The van der Waals surface area contributed by atoms with E-state index in [-0.39, 0.29) is 24.6 Å². The van der Waals surface area contributed by atoms with Crippen molar-refractivity contribution >= 4 is 11.7 Å². The number of anilines is 1. The fraction of sp³-hybridized carbons (Fsp3) is 0.412. The molecule has 0 unspecified atom stereocenters. The van der Waals surface area contributed by atoms with E-state index in [4.69, 9.17) is 0 Å². The largest absolute Gasteiger partial charge is 0.338 e. The van der Waals surface area contributed by atoms with Gasteiger partial charge in [0.05, 0.1) is 17.1 Å². The summed E-state index contributed by atoms with van der Waals surface area (Å²) in [5.41, 5.74) is 2.50. The van der Waals surface area contributed by atoms with Crippen molar-refractivity contribution in [2.45, 2.75) is 40.2 Å². The molecule has 0 saturated carbocycles. The predicted octanol–water partition coefficient (Wildman–Crippen LogP) is 3.72. The Morgan fingerprint density at radius 2 is 2.00 bits per heavy atom. The minimum absolute atomic E-state index is 0.193. The number of nitrogens with one attached hydrogen (secondary N) is 2. The topological polar surface area (TPSA) is 59.0 Å². The number of halogens is 2. The average Bonchev–Trinajstić information content (AvgIpc) is 2.79. The molecule has 2 amide bonds. The molecule has 0 aliphatic carbocycles. The van der Waals surface area contributed by atoms with E-state index in [1.165, 1.54) is 0 Å². The van der Waals surface area contributed by atoms with Crippen molar-refractivity contribution in [2.24, 2.45) is 0 Å². The Hall–Kier alpha value is -2.44.